The number of nitrogens with zero attached hydrogens (tertiary/aromatic N) is 1. The summed E-state index contributed by atoms with van der Waals surface area (Å²) in [5.74, 6) is -0.495. The van der Waals surface area contributed by atoms with E-state index in [1.165, 1.54) is 0 Å². The molecule has 0 saturated heterocycles. The molecule has 1 amide bonds. The molecule has 0 bridgehead atoms. The van der Waals surface area contributed by atoms with Gasteiger partial charge in [-0.2, -0.15) is 0 Å². The molecule has 5 heteroatoms. The Morgan fingerprint density at radius 3 is 2.52 bits per heavy atom. The van der Waals surface area contributed by atoms with Crippen molar-refractivity contribution in [2.75, 3.05) is 5.73 Å². The summed E-state index contributed by atoms with van der Waals surface area (Å²) >= 11 is 6.29. The molecule has 0 unspecified atom stereocenters. The van der Waals surface area contributed by atoms with Crippen molar-refractivity contribution in [3.8, 4) is 22.4 Å². The van der Waals surface area contributed by atoms with Crippen LogP contribution in [-0.4, -0.2) is 10.9 Å². The Bertz CT molecular complexity index is 879. The third-order valence-corrected chi connectivity index (χ3v) is 3.89. The smallest absolute Gasteiger partial charge is 0.248 e. The fraction of sp³-hybridized carbons (Fsp3) is 0. The van der Waals surface area contributed by atoms with E-state index < -0.39 is 5.91 Å². The minimum Gasteiger partial charge on any atom is -0.398 e. The van der Waals surface area contributed by atoms with Crippen molar-refractivity contribution in [2.45, 2.75) is 0 Å². The maximum atomic E-state index is 11.4. The summed E-state index contributed by atoms with van der Waals surface area (Å²) in [5.41, 5.74) is 15.5. The van der Waals surface area contributed by atoms with Gasteiger partial charge in [-0.05, 0) is 48.0 Å². The fourth-order valence-electron chi connectivity index (χ4n) is 2.37. The van der Waals surface area contributed by atoms with Crippen molar-refractivity contribution in [1.29, 1.82) is 0 Å². The highest BCUT2D eigenvalue weighted by Gasteiger charge is 2.11. The molecule has 1 heterocycles. The highest BCUT2D eigenvalue weighted by Crippen LogP contribution is 2.34. The summed E-state index contributed by atoms with van der Waals surface area (Å²) in [6.45, 7) is 0. The molecule has 0 fully saturated rings. The second-order valence-corrected chi connectivity index (χ2v) is 5.48. The number of benzene rings is 2. The predicted molar refractivity (Wildman–Crippen MR) is 93.0 cm³/mol. The van der Waals surface area contributed by atoms with Crippen LogP contribution in [0.5, 0.6) is 0 Å². The number of amides is 1. The maximum absolute atomic E-state index is 11.4. The molecule has 0 saturated carbocycles. The SMILES string of the molecule is NC(=O)c1ccc(N)c(-c2ccc(Cl)c(-c3ccccn3)c2)c1. The quantitative estimate of drug-likeness (QED) is 0.720. The van der Waals surface area contributed by atoms with Gasteiger partial charge in [0.1, 0.15) is 0 Å². The molecule has 0 radical (unpaired) electrons. The highest BCUT2D eigenvalue weighted by atomic mass is 35.5. The van der Waals surface area contributed by atoms with Crippen LogP contribution in [0.3, 0.4) is 0 Å². The van der Waals surface area contributed by atoms with Crippen molar-refractivity contribution < 1.29 is 4.79 Å². The van der Waals surface area contributed by atoms with Crippen LogP contribution in [0.2, 0.25) is 5.02 Å². The number of pyridine rings is 1. The van der Waals surface area contributed by atoms with Crippen molar-refractivity contribution in [1.82, 2.24) is 4.98 Å². The van der Waals surface area contributed by atoms with Gasteiger partial charge in [0.25, 0.3) is 0 Å². The second-order valence-electron chi connectivity index (χ2n) is 5.08. The van der Waals surface area contributed by atoms with Gasteiger partial charge in [0.15, 0.2) is 0 Å². The van der Waals surface area contributed by atoms with Gasteiger partial charge in [-0.1, -0.05) is 23.7 Å². The van der Waals surface area contributed by atoms with E-state index in [1.807, 2.05) is 30.3 Å². The largest absolute Gasteiger partial charge is 0.398 e. The maximum Gasteiger partial charge on any atom is 0.248 e. The van der Waals surface area contributed by atoms with Crippen molar-refractivity contribution in [3.05, 3.63) is 71.4 Å². The topological polar surface area (TPSA) is 82.0 Å². The third-order valence-electron chi connectivity index (χ3n) is 3.56. The van der Waals surface area contributed by atoms with Crippen LogP contribution in [0, 0.1) is 0 Å². The lowest BCUT2D eigenvalue weighted by molar-refractivity contribution is 0.100. The minimum absolute atomic E-state index is 0.406. The lowest BCUT2D eigenvalue weighted by Gasteiger charge is -2.11. The molecule has 0 aliphatic heterocycles. The zero-order valence-electron chi connectivity index (χ0n) is 12.2. The number of hydrogen-bond acceptors (Lipinski definition) is 3. The first-order valence-electron chi connectivity index (χ1n) is 6.97. The number of halogens is 1. The summed E-state index contributed by atoms with van der Waals surface area (Å²) in [7, 11) is 0. The highest BCUT2D eigenvalue weighted by molar-refractivity contribution is 6.33. The van der Waals surface area contributed by atoms with E-state index in [1.54, 1.807) is 30.5 Å². The summed E-state index contributed by atoms with van der Waals surface area (Å²) in [6.07, 6.45) is 1.71. The number of primary amides is 1. The number of rotatable bonds is 3. The molecule has 23 heavy (non-hydrogen) atoms. The van der Waals surface area contributed by atoms with Crippen LogP contribution in [0.25, 0.3) is 22.4 Å². The molecule has 0 spiro atoms. The van der Waals surface area contributed by atoms with Crippen LogP contribution in [0.15, 0.2) is 60.8 Å². The van der Waals surface area contributed by atoms with Gasteiger partial charge >= 0.3 is 0 Å². The minimum atomic E-state index is -0.495. The number of anilines is 1. The molecule has 0 aliphatic carbocycles. The molecule has 0 atom stereocenters. The number of carbonyl (C=O) groups excluding carboxylic acids is 1. The molecule has 3 rings (SSSR count). The van der Waals surface area contributed by atoms with E-state index in [4.69, 9.17) is 23.1 Å². The number of carbonyl (C=O) groups is 1. The molecule has 4 nitrogen and oxygen atoms in total. The van der Waals surface area contributed by atoms with Crippen LogP contribution < -0.4 is 11.5 Å². The molecule has 1 aromatic heterocycles. The molecule has 4 N–H and O–H groups in total. The first-order chi connectivity index (χ1) is 11.1. The molecular weight excluding hydrogens is 310 g/mol. The Labute approximate surface area is 138 Å². The summed E-state index contributed by atoms with van der Waals surface area (Å²) in [4.78, 5) is 15.7. The Balaban J connectivity index is 2.15. The third kappa shape index (κ3) is 3.03. The van der Waals surface area contributed by atoms with Crippen LogP contribution in [0.1, 0.15) is 10.4 Å². The van der Waals surface area contributed by atoms with Gasteiger partial charge in [0.05, 0.1) is 5.69 Å². The van der Waals surface area contributed by atoms with E-state index in [2.05, 4.69) is 4.98 Å². The monoisotopic (exact) mass is 323 g/mol. The number of aromatic nitrogens is 1. The average molecular weight is 324 g/mol. The van der Waals surface area contributed by atoms with Crippen LogP contribution >= 0.6 is 11.6 Å². The Morgan fingerprint density at radius 2 is 1.83 bits per heavy atom. The van der Waals surface area contributed by atoms with Crippen molar-refractivity contribution >= 4 is 23.2 Å². The summed E-state index contributed by atoms with van der Waals surface area (Å²) in [5, 5.41) is 0.595. The average Bonchev–Trinajstić information content (AvgIpc) is 2.56. The fourth-order valence-corrected chi connectivity index (χ4v) is 2.59. The Kier molecular flexibility index (Phi) is 4.00. The van der Waals surface area contributed by atoms with Gasteiger partial charge in [0, 0.05) is 33.6 Å². The van der Waals surface area contributed by atoms with E-state index in [9.17, 15) is 4.79 Å². The normalized spacial score (nSPS) is 10.5. The van der Waals surface area contributed by atoms with Gasteiger partial charge in [0.2, 0.25) is 5.91 Å². The van der Waals surface area contributed by atoms with Crippen molar-refractivity contribution in [3.63, 3.8) is 0 Å². The zero-order valence-corrected chi connectivity index (χ0v) is 12.9. The Hall–Kier alpha value is -2.85. The van der Waals surface area contributed by atoms with Crippen molar-refractivity contribution in [2.24, 2.45) is 5.73 Å². The lowest BCUT2D eigenvalue weighted by Crippen LogP contribution is -2.11. The first kappa shape index (κ1) is 15.1. The van der Waals surface area contributed by atoms with Gasteiger partial charge in [-0.25, -0.2) is 0 Å². The summed E-state index contributed by atoms with van der Waals surface area (Å²) < 4.78 is 0. The Morgan fingerprint density at radius 1 is 1.00 bits per heavy atom. The van der Waals surface area contributed by atoms with Crippen LogP contribution in [-0.2, 0) is 0 Å². The molecular formula is C18H14ClN3O. The van der Waals surface area contributed by atoms with E-state index in [-0.39, 0.29) is 0 Å². The molecule has 2 aromatic carbocycles. The first-order valence-corrected chi connectivity index (χ1v) is 7.34. The van der Waals surface area contributed by atoms with E-state index in [0.717, 1.165) is 22.4 Å². The predicted octanol–water partition coefficient (Wildman–Crippen LogP) is 3.75. The summed E-state index contributed by atoms with van der Waals surface area (Å²) in [6, 6.07) is 16.1. The van der Waals surface area contributed by atoms with E-state index in [0.29, 0.717) is 16.3 Å². The second kappa shape index (κ2) is 6.10. The number of nitrogens with two attached hydrogens (primary N) is 2. The number of nitrogen functional groups attached to an aromatic ring is 1. The molecule has 3 aromatic rings. The van der Waals surface area contributed by atoms with Crippen LogP contribution in [0.4, 0.5) is 5.69 Å². The number of hydrogen-bond donors (Lipinski definition) is 2. The molecule has 0 aliphatic rings. The molecule has 114 valence electrons. The van der Waals surface area contributed by atoms with Gasteiger partial charge in [-0.3, -0.25) is 9.78 Å². The van der Waals surface area contributed by atoms with E-state index >= 15 is 0 Å². The van der Waals surface area contributed by atoms with Gasteiger partial charge < -0.3 is 11.5 Å². The lowest BCUT2D eigenvalue weighted by atomic mass is 9.98. The standard InChI is InChI=1S/C18H14ClN3O/c19-15-6-4-11(9-14(15)17-3-1-2-8-22-17)13-10-12(18(21)23)5-7-16(13)20/h1-10H,20H2,(H2,21,23). The zero-order chi connectivity index (χ0) is 16.4. The van der Waals surface area contributed by atoms with Gasteiger partial charge in [-0.15, -0.1) is 0 Å².